The lowest BCUT2D eigenvalue weighted by molar-refractivity contribution is 0.221. The Morgan fingerprint density at radius 3 is 1.67 bits per heavy atom. The van der Waals surface area contributed by atoms with Gasteiger partial charge in [0.15, 0.2) is 0 Å². The molecule has 0 bridgehead atoms. The first-order valence-electron chi connectivity index (χ1n) is 5.56. The summed E-state index contributed by atoms with van der Waals surface area (Å²) in [5.74, 6) is 0.428. The van der Waals surface area contributed by atoms with E-state index in [1.54, 1.807) is 0 Å². The summed E-state index contributed by atoms with van der Waals surface area (Å²) >= 11 is 4.70. The van der Waals surface area contributed by atoms with Crippen molar-refractivity contribution in [2.45, 2.75) is 53.1 Å². The van der Waals surface area contributed by atoms with Crippen LogP contribution in [0.25, 0.3) is 0 Å². The van der Waals surface area contributed by atoms with Gasteiger partial charge in [0, 0.05) is 0 Å². The van der Waals surface area contributed by atoms with Gasteiger partial charge in [-0.3, -0.25) is 0 Å². The standard InChI is InChI=1S/C13H25BS/c1-9(2)10(3)12(7,8)13(14,15)11(4,5)6/h9,15H,3H2,1-2,4-8H3. The van der Waals surface area contributed by atoms with Crippen LogP contribution < -0.4 is 0 Å². The highest BCUT2D eigenvalue weighted by Gasteiger charge is 2.47. The highest BCUT2D eigenvalue weighted by molar-refractivity contribution is 7.83. The zero-order chi connectivity index (χ0) is 12.7. The second-order valence-electron chi connectivity index (χ2n) is 6.32. The predicted molar refractivity (Wildman–Crippen MR) is 74.7 cm³/mol. The monoisotopic (exact) mass is 224 g/mol. The number of hydrogen-bond acceptors (Lipinski definition) is 1. The molecule has 2 radical (unpaired) electrons. The third-order valence-corrected chi connectivity index (χ3v) is 4.83. The lowest BCUT2D eigenvalue weighted by Gasteiger charge is -2.52. The van der Waals surface area contributed by atoms with E-state index in [0.29, 0.717) is 5.92 Å². The molecular formula is C13H25BS. The Labute approximate surface area is 103 Å². The van der Waals surface area contributed by atoms with Gasteiger partial charge in [0.25, 0.3) is 0 Å². The van der Waals surface area contributed by atoms with Crippen molar-refractivity contribution in [3.8, 4) is 0 Å². The minimum atomic E-state index is -0.568. The molecule has 1 unspecified atom stereocenters. The molecule has 0 aliphatic rings. The van der Waals surface area contributed by atoms with Gasteiger partial charge in [0.1, 0.15) is 0 Å². The van der Waals surface area contributed by atoms with Gasteiger partial charge in [-0.2, -0.15) is 12.6 Å². The molecular weight excluding hydrogens is 199 g/mol. The first-order valence-corrected chi connectivity index (χ1v) is 6.01. The summed E-state index contributed by atoms with van der Waals surface area (Å²) < 4.78 is -0.568. The van der Waals surface area contributed by atoms with Gasteiger partial charge >= 0.3 is 0 Å². The van der Waals surface area contributed by atoms with E-state index in [-0.39, 0.29) is 10.8 Å². The van der Waals surface area contributed by atoms with E-state index in [2.05, 4.69) is 55.0 Å². The van der Waals surface area contributed by atoms with Crippen LogP contribution >= 0.6 is 12.6 Å². The normalized spacial score (nSPS) is 17.7. The van der Waals surface area contributed by atoms with Crippen LogP contribution in [0.3, 0.4) is 0 Å². The van der Waals surface area contributed by atoms with Crippen LogP contribution in [0.2, 0.25) is 0 Å². The Morgan fingerprint density at radius 2 is 1.47 bits per heavy atom. The third kappa shape index (κ3) is 2.64. The Bertz CT molecular complexity index is 244. The lowest BCUT2D eigenvalue weighted by Crippen LogP contribution is -2.51. The van der Waals surface area contributed by atoms with E-state index in [9.17, 15) is 0 Å². The topological polar surface area (TPSA) is 0 Å². The number of rotatable bonds is 3. The first-order chi connectivity index (χ1) is 6.35. The van der Waals surface area contributed by atoms with Crippen molar-refractivity contribution in [2.75, 3.05) is 0 Å². The third-order valence-electron chi connectivity index (χ3n) is 3.60. The second-order valence-corrected chi connectivity index (χ2v) is 7.03. The molecule has 0 saturated heterocycles. The van der Waals surface area contributed by atoms with Gasteiger partial charge < -0.3 is 0 Å². The van der Waals surface area contributed by atoms with E-state index >= 15 is 0 Å². The smallest absolute Gasteiger partial charge is 0.0908 e. The molecule has 0 aliphatic carbocycles. The molecule has 15 heavy (non-hydrogen) atoms. The van der Waals surface area contributed by atoms with Gasteiger partial charge in [0.05, 0.1) is 7.85 Å². The predicted octanol–water partition coefficient (Wildman–Crippen LogP) is 4.07. The fourth-order valence-corrected chi connectivity index (χ4v) is 2.05. The molecule has 86 valence electrons. The summed E-state index contributed by atoms with van der Waals surface area (Å²) in [6.45, 7) is 19.1. The first kappa shape index (κ1) is 15.2. The van der Waals surface area contributed by atoms with Crippen molar-refractivity contribution in [2.24, 2.45) is 16.7 Å². The van der Waals surface area contributed by atoms with Crippen LogP contribution in [0.1, 0.15) is 48.5 Å². The Kier molecular flexibility index (Phi) is 4.24. The molecule has 0 aromatic carbocycles. The van der Waals surface area contributed by atoms with E-state index in [4.69, 9.17) is 20.5 Å². The molecule has 0 nitrogen and oxygen atoms in total. The highest BCUT2D eigenvalue weighted by atomic mass is 32.1. The van der Waals surface area contributed by atoms with Crippen molar-refractivity contribution in [3.63, 3.8) is 0 Å². The average molecular weight is 224 g/mol. The van der Waals surface area contributed by atoms with Crippen LogP contribution in [0.5, 0.6) is 0 Å². The molecule has 2 heteroatoms. The second kappa shape index (κ2) is 4.20. The lowest BCUT2D eigenvalue weighted by atomic mass is 9.52. The van der Waals surface area contributed by atoms with Crippen LogP contribution in [0, 0.1) is 16.7 Å². The minimum Gasteiger partial charge on any atom is -0.181 e. The van der Waals surface area contributed by atoms with Crippen LogP contribution in [0.4, 0.5) is 0 Å². The Hall–Kier alpha value is 0.155. The van der Waals surface area contributed by atoms with Crippen molar-refractivity contribution >= 4 is 20.5 Å². The van der Waals surface area contributed by atoms with Crippen molar-refractivity contribution < 1.29 is 0 Å². The fraction of sp³-hybridized carbons (Fsp3) is 0.846. The van der Waals surface area contributed by atoms with Gasteiger partial charge in [0.2, 0.25) is 0 Å². The summed E-state index contributed by atoms with van der Waals surface area (Å²) in [5, 5.41) is 0. The molecule has 0 aliphatic heterocycles. The average Bonchev–Trinajstić information content (AvgIpc) is 2.00. The summed E-state index contributed by atoms with van der Waals surface area (Å²) in [6, 6.07) is 0. The summed E-state index contributed by atoms with van der Waals surface area (Å²) in [4.78, 5) is 0. The van der Waals surface area contributed by atoms with Crippen LogP contribution in [-0.2, 0) is 0 Å². The quantitative estimate of drug-likeness (QED) is 0.417. The highest BCUT2D eigenvalue weighted by Crippen LogP contribution is 2.51. The van der Waals surface area contributed by atoms with Gasteiger partial charge in [-0.25, -0.2) is 0 Å². The van der Waals surface area contributed by atoms with E-state index in [0.717, 1.165) is 5.57 Å². The van der Waals surface area contributed by atoms with E-state index in [1.807, 2.05) is 0 Å². The van der Waals surface area contributed by atoms with Crippen molar-refractivity contribution in [1.29, 1.82) is 0 Å². The van der Waals surface area contributed by atoms with E-state index in [1.165, 1.54) is 0 Å². The molecule has 0 aromatic rings. The largest absolute Gasteiger partial charge is 0.181 e. The molecule has 0 rings (SSSR count). The SMILES string of the molecule is [B]C(S)(C(C)(C)C)C(C)(C)C(=C)C(C)C. The van der Waals surface area contributed by atoms with Crippen LogP contribution in [0.15, 0.2) is 12.2 Å². The molecule has 0 spiro atoms. The molecule has 0 saturated carbocycles. The maximum Gasteiger partial charge on any atom is 0.0908 e. The molecule has 0 fully saturated rings. The van der Waals surface area contributed by atoms with Crippen molar-refractivity contribution in [3.05, 3.63) is 12.2 Å². The number of thiol groups is 1. The zero-order valence-corrected chi connectivity index (χ0v) is 12.2. The summed E-state index contributed by atoms with van der Waals surface area (Å²) in [7, 11) is 6.41. The molecule has 0 aromatic heterocycles. The Morgan fingerprint density at radius 1 is 1.13 bits per heavy atom. The fourth-order valence-electron chi connectivity index (χ4n) is 1.90. The van der Waals surface area contributed by atoms with Gasteiger partial charge in [-0.15, -0.1) is 0 Å². The van der Waals surface area contributed by atoms with Gasteiger partial charge in [-0.1, -0.05) is 60.6 Å². The summed E-state index contributed by atoms with van der Waals surface area (Å²) in [6.07, 6.45) is 0. The Balaban J connectivity index is 5.29. The maximum atomic E-state index is 6.41. The van der Waals surface area contributed by atoms with Gasteiger partial charge in [-0.05, 0) is 21.4 Å². The molecule has 1 atom stereocenters. The maximum absolute atomic E-state index is 6.41. The zero-order valence-electron chi connectivity index (χ0n) is 11.3. The minimum absolute atomic E-state index is 0.0720. The summed E-state index contributed by atoms with van der Waals surface area (Å²) in [5.41, 5.74) is 0.898. The number of hydrogen-bond donors (Lipinski definition) is 1. The number of allylic oxidation sites excluding steroid dienone is 1. The molecule has 0 amide bonds. The molecule has 0 N–H and O–H groups in total. The van der Waals surface area contributed by atoms with E-state index < -0.39 is 4.65 Å². The van der Waals surface area contributed by atoms with Crippen molar-refractivity contribution in [1.82, 2.24) is 0 Å². The van der Waals surface area contributed by atoms with Crippen LogP contribution in [-0.4, -0.2) is 12.5 Å². The molecule has 0 heterocycles.